The van der Waals surface area contributed by atoms with Gasteiger partial charge in [-0.2, -0.15) is 0 Å². The Kier molecular flexibility index (Phi) is 3.40. The Morgan fingerprint density at radius 2 is 1.57 bits per heavy atom. The molecule has 3 rings (SSSR count). The van der Waals surface area contributed by atoms with Crippen molar-refractivity contribution < 1.29 is 9.59 Å². The zero-order valence-electron chi connectivity index (χ0n) is 11.7. The summed E-state index contributed by atoms with van der Waals surface area (Å²) in [5, 5.41) is 3.30. The molecular weight excluding hydrogens is 262 g/mol. The molecule has 0 spiro atoms. The summed E-state index contributed by atoms with van der Waals surface area (Å²) in [6, 6.07) is 15.1. The second-order valence-electron chi connectivity index (χ2n) is 4.93. The van der Waals surface area contributed by atoms with Gasteiger partial charge in [-0.25, -0.2) is 0 Å². The highest BCUT2D eigenvalue weighted by Gasteiger charge is 2.25. The molecule has 0 aromatic heterocycles. The Hall–Kier alpha value is -2.68. The summed E-state index contributed by atoms with van der Waals surface area (Å²) in [7, 11) is 0. The van der Waals surface area contributed by atoms with Crippen molar-refractivity contribution >= 4 is 23.0 Å². The van der Waals surface area contributed by atoms with Gasteiger partial charge in [0.1, 0.15) is 0 Å². The van der Waals surface area contributed by atoms with Crippen molar-refractivity contribution in [3.05, 3.63) is 71.3 Å². The Morgan fingerprint density at radius 1 is 0.905 bits per heavy atom. The van der Waals surface area contributed by atoms with E-state index in [-0.39, 0.29) is 0 Å². The SMILES string of the molecule is CCc1ccccc1NC1=CC(=O)C(=O)c2ccccc21. The predicted octanol–water partition coefficient (Wildman–Crippen LogP) is 3.47. The van der Waals surface area contributed by atoms with Crippen LogP contribution in [-0.4, -0.2) is 11.6 Å². The first-order valence-corrected chi connectivity index (χ1v) is 6.95. The highest BCUT2D eigenvalue weighted by molar-refractivity contribution is 6.50. The van der Waals surface area contributed by atoms with Crippen LogP contribution in [0.5, 0.6) is 0 Å². The first-order valence-electron chi connectivity index (χ1n) is 6.95. The van der Waals surface area contributed by atoms with Gasteiger partial charge in [0, 0.05) is 22.9 Å². The molecule has 1 aliphatic rings. The number of fused-ring (bicyclic) bond motifs is 1. The van der Waals surface area contributed by atoms with Crippen molar-refractivity contribution in [3.63, 3.8) is 0 Å². The van der Waals surface area contributed by atoms with E-state index >= 15 is 0 Å². The molecule has 0 radical (unpaired) electrons. The fourth-order valence-electron chi connectivity index (χ4n) is 2.52. The summed E-state index contributed by atoms with van der Waals surface area (Å²) < 4.78 is 0. The van der Waals surface area contributed by atoms with Crippen LogP contribution in [0.15, 0.2) is 54.6 Å². The topological polar surface area (TPSA) is 46.2 Å². The third kappa shape index (κ3) is 2.38. The first kappa shape index (κ1) is 13.3. The van der Waals surface area contributed by atoms with Crippen LogP contribution < -0.4 is 5.32 Å². The molecule has 0 unspecified atom stereocenters. The lowest BCUT2D eigenvalue weighted by Crippen LogP contribution is -2.21. The predicted molar refractivity (Wildman–Crippen MR) is 83.2 cm³/mol. The Bertz CT molecular complexity index is 759. The van der Waals surface area contributed by atoms with Crippen molar-refractivity contribution in [2.24, 2.45) is 0 Å². The monoisotopic (exact) mass is 277 g/mol. The molecule has 2 aromatic rings. The number of anilines is 1. The molecule has 0 bridgehead atoms. The van der Waals surface area contributed by atoms with Crippen molar-refractivity contribution in [2.75, 3.05) is 5.32 Å². The average Bonchev–Trinajstić information content (AvgIpc) is 2.53. The van der Waals surface area contributed by atoms with Crippen molar-refractivity contribution in [2.45, 2.75) is 13.3 Å². The standard InChI is InChI=1S/C18H15NO2/c1-2-12-7-3-6-10-15(12)19-16-11-17(20)18(21)14-9-5-4-8-13(14)16/h3-11,19H,2H2,1H3. The number of carbonyl (C=O) groups excluding carboxylic acids is 2. The molecule has 3 heteroatoms. The zero-order chi connectivity index (χ0) is 14.8. The quantitative estimate of drug-likeness (QED) is 0.874. The molecule has 1 aliphatic carbocycles. The Labute approximate surface area is 123 Å². The van der Waals surface area contributed by atoms with Gasteiger partial charge in [0.2, 0.25) is 11.6 Å². The van der Waals surface area contributed by atoms with Crippen molar-refractivity contribution in [3.8, 4) is 0 Å². The maximum absolute atomic E-state index is 11.9. The van der Waals surface area contributed by atoms with E-state index in [0.717, 1.165) is 17.7 Å². The number of allylic oxidation sites excluding steroid dienone is 1. The van der Waals surface area contributed by atoms with Gasteiger partial charge in [-0.05, 0) is 18.1 Å². The van der Waals surface area contributed by atoms with Gasteiger partial charge < -0.3 is 5.32 Å². The van der Waals surface area contributed by atoms with Gasteiger partial charge in [-0.1, -0.05) is 49.4 Å². The molecule has 104 valence electrons. The number of nitrogens with one attached hydrogen (secondary N) is 1. The molecular formula is C18H15NO2. The van der Waals surface area contributed by atoms with Gasteiger partial charge in [-0.3, -0.25) is 9.59 Å². The number of benzene rings is 2. The second kappa shape index (κ2) is 5.37. The summed E-state index contributed by atoms with van der Waals surface area (Å²) in [5.41, 5.74) is 4.04. The molecule has 0 atom stereocenters. The lowest BCUT2D eigenvalue weighted by molar-refractivity contribution is -0.111. The minimum atomic E-state index is -0.481. The fourth-order valence-corrected chi connectivity index (χ4v) is 2.52. The summed E-state index contributed by atoms with van der Waals surface area (Å²) in [4.78, 5) is 23.8. The minimum absolute atomic E-state index is 0.445. The van der Waals surface area contributed by atoms with Crippen LogP contribution in [0, 0.1) is 0 Å². The summed E-state index contributed by atoms with van der Waals surface area (Å²) in [6.07, 6.45) is 2.28. The molecule has 0 saturated heterocycles. The number of aryl methyl sites for hydroxylation is 1. The molecule has 0 heterocycles. The second-order valence-corrected chi connectivity index (χ2v) is 4.93. The molecule has 3 nitrogen and oxygen atoms in total. The van der Waals surface area contributed by atoms with E-state index in [1.165, 1.54) is 11.6 Å². The molecule has 0 amide bonds. The summed E-state index contributed by atoms with van der Waals surface area (Å²) >= 11 is 0. The maximum Gasteiger partial charge on any atom is 0.233 e. The van der Waals surface area contributed by atoms with Crippen LogP contribution in [0.4, 0.5) is 5.69 Å². The highest BCUT2D eigenvalue weighted by atomic mass is 16.2. The fraction of sp³-hybridized carbons (Fsp3) is 0.111. The van der Waals surface area contributed by atoms with Crippen LogP contribution in [0.3, 0.4) is 0 Å². The van der Waals surface area contributed by atoms with Crippen molar-refractivity contribution in [1.82, 2.24) is 0 Å². The Balaban J connectivity index is 2.04. The van der Waals surface area contributed by atoms with Crippen molar-refractivity contribution in [1.29, 1.82) is 0 Å². The molecule has 1 N–H and O–H groups in total. The minimum Gasteiger partial charge on any atom is -0.355 e. The van der Waals surface area contributed by atoms with Gasteiger partial charge in [-0.15, -0.1) is 0 Å². The first-order chi connectivity index (χ1) is 10.2. The third-order valence-electron chi connectivity index (χ3n) is 3.63. The number of para-hydroxylation sites is 1. The molecule has 0 fully saturated rings. The van der Waals surface area contributed by atoms with E-state index in [0.29, 0.717) is 11.3 Å². The van der Waals surface area contributed by atoms with Crippen LogP contribution in [-0.2, 0) is 11.2 Å². The number of carbonyl (C=O) groups is 2. The van der Waals surface area contributed by atoms with E-state index in [1.54, 1.807) is 12.1 Å². The van der Waals surface area contributed by atoms with E-state index in [1.807, 2.05) is 36.4 Å². The Morgan fingerprint density at radius 3 is 2.33 bits per heavy atom. The maximum atomic E-state index is 11.9. The number of hydrogen-bond acceptors (Lipinski definition) is 3. The third-order valence-corrected chi connectivity index (χ3v) is 3.63. The molecule has 2 aromatic carbocycles. The van der Waals surface area contributed by atoms with E-state index < -0.39 is 11.6 Å². The number of rotatable bonds is 3. The lowest BCUT2D eigenvalue weighted by Gasteiger charge is -2.19. The molecule has 0 aliphatic heterocycles. The van der Waals surface area contributed by atoms with E-state index in [2.05, 4.69) is 12.2 Å². The van der Waals surface area contributed by atoms with E-state index in [9.17, 15) is 9.59 Å². The normalized spacial score (nSPS) is 13.7. The number of ketones is 2. The van der Waals surface area contributed by atoms with Crippen LogP contribution >= 0.6 is 0 Å². The average molecular weight is 277 g/mol. The lowest BCUT2D eigenvalue weighted by atomic mass is 9.92. The van der Waals surface area contributed by atoms with E-state index in [4.69, 9.17) is 0 Å². The van der Waals surface area contributed by atoms with Crippen LogP contribution in [0.25, 0.3) is 5.70 Å². The van der Waals surface area contributed by atoms with Gasteiger partial charge in [0.25, 0.3) is 0 Å². The van der Waals surface area contributed by atoms with Crippen LogP contribution in [0.1, 0.15) is 28.4 Å². The van der Waals surface area contributed by atoms with Gasteiger partial charge >= 0.3 is 0 Å². The van der Waals surface area contributed by atoms with Gasteiger partial charge in [0.05, 0.1) is 5.70 Å². The zero-order valence-corrected chi connectivity index (χ0v) is 11.7. The molecule has 21 heavy (non-hydrogen) atoms. The smallest absolute Gasteiger partial charge is 0.233 e. The largest absolute Gasteiger partial charge is 0.355 e. The summed E-state index contributed by atoms with van der Waals surface area (Å²) in [6.45, 7) is 2.08. The number of hydrogen-bond donors (Lipinski definition) is 1. The summed E-state index contributed by atoms with van der Waals surface area (Å²) in [5.74, 6) is -0.926. The molecule has 0 saturated carbocycles. The van der Waals surface area contributed by atoms with Crippen LogP contribution in [0.2, 0.25) is 0 Å². The van der Waals surface area contributed by atoms with Gasteiger partial charge in [0.15, 0.2) is 0 Å². The highest BCUT2D eigenvalue weighted by Crippen LogP contribution is 2.27. The number of Topliss-reactive ketones (excluding diaryl/α,β-unsaturated/α-hetero) is 1.